The first-order valence-corrected chi connectivity index (χ1v) is 7.77. The van der Waals surface area contributed by atoms with Crippen molar-refractivity contribution in [3.63, 3.8) is 0 Å². The molecular weight excluding hydrogens is 356 g/mol. The Morgan fingerprint density at radius 1 is 1.47 bits per heavy atom. The molecule has 0 amide bonds. The van der Waals surface area contributed by atoms with Gasteiger partial charge in [0.05, 0.1) is 7.11 Å². The minimum atomic E-state index is -3.54. The van der Waals surface area contributed by atoms with Crippen molar-refractivity contribution in [1.82, 2.24) is 4.31 Å². The average Bonchev–Trinajstić information content (AvgIpc) is 2.76. The second kappa shape index (κ2) is 6.41. The molecule has 1 aromatic carbocycles. The topological polar surface area (TPSA) is 72.6 Å². The molecule has 0 aromatic heterocycles. The summed E-state index contributed by atoms with van der Waals surface area (Å²) < 4.78 is 32.2. The first-order valence-electron chi connectivity index (χ1n) is 5.54. The van der Waals surface area contributed by atoms with Crippen LogP contribution in [0.3, 0.4) is 0 Å². The van der Waals surface area contributed by atoms with Gasteiger partial charge in [0.2, 0.25) is 10.0 Å². The van der Waals surface area contributed by atoms with Gasteiger partial charge in [-0.25, -0.2) is 8.42 Å². The Kier molecular flexibility index (Phi) is 5.64. The Morgan fingerprint density at radius 3 is 2.68 bits per heavy atom. The Labute approximate surface area is 127 Å². The minimum Gasteiger partial charge on any atom is -0.495 e. The van der Waals surface area contributed by atoms with Crippen LogP contribution in [0.1, 0.15) is 6.42 Å². The van der Waals surface area contributed by atoms with Gasteiger partial charge in [-0.3, -0.25) is 0 Å². The number of nitrogens with two attached hydrogens (primary N) is 1. The summed E-state index contributed by atoms with van der Waals surface area (Å²) in [4.78, 5) is 0.175. The lowest BCUT2D eigenvalue weighted by molar-refractivity contribution is 0.398. The van der Waals surface area contributed by atoms with E-state index in [1.165, 1.54) is 11.4 Å². The molecule has 108 valence electrons. The highest BCUT2D eigenvalue weighted by Crippen LogP contribution is 2.31. The number of hydrogen-bond acceptors (Lipinski definition) is 4. The van der Waals surface area contributed by atoms with Crippen LogP contribution in [0.5, 0.6) is 5.75 Å². The van der Waals surface area contributed by atoms with Crippen LogP contribution >= 0.6 is 28.3 Å². The highest BCUT2D eigenvalue weighted by atomic mass is 79.9. The summed E-state index contributed by atoms with van der Waals surface area (Å²) in [6.45, 7) is 0.817. The van der Waals surface area contributed by atoms with Crippen molar-refractivity contribution >= 4 is 38.4 Å². The number of ether oxygens (including phenoxy) is 1. The molecule has 1 aromatic rings. The molecule has 1 fully saturated rings. The molecule has 1 aliphatic rings. The fourth-order valence-corrected chi connectivity index (χ4v) is 4.17. The normalized spacial score (nSPS) is 20.1. The molecule has 1 aliphatic heterocycles. The van der Waals surface area contributed by atoms with Gasteiger partial charge in [0.15, 0.2) is 0 Å². The van der Waals surface area contributed by atoms with Gasteiger partial charge in [-0.15, -0.1) is 12.4 Å². The largest absolute Gasteiger partial charge is 0.495 e. The maximum absolute atomic E-state index is 12.5. The molecule has 0 aliphatic carbocycles. The lowest BCUT2D eigenvalue weighted by atomic mass is 10.3. The summed E-state index contributed by atoms with van der Waals surface area (Å²) in [6, 6.07) is 4.84. The average molecular weight is 372 g/mol. The predicted octanol–water partition coefficient (Wildman–Crippen LogP) is 1.60. The molecule has 2 N–H and O–H groups in total. The van der Waals surface area contributed by atoms with Crippen LogP contribution in [0.2, 0.25) is 0 Å². The van der Waals surface area contributed by atoms with Crippen LogP contribution in [0.4, 0.5) is 0 Å². The zero-order valence-electron chi connectivity index (χ0n) is 10.4. The Bertz CT molecular complexity index is 553. The maximum atomic E-state index is 12.5. The molecule has 8 heteroatoms. The number of rotatable bonds is 3. The molecule has 19 heavy (non-hydrogen) atoms. The quantitative estimate of drug-likeness (QED) is 0.876. The van der Waals surface area contributed by atoms with E-state index >= 15 is 0 Å². The van der Waals surface area contributed by atoms with Crippen molar-refractivity contribution in [1.29, 1.82) is 0 Å². The van der Waals surface area contributed by atoms with E-state index in [2.05, 4.69) is 15.9 Å². The van der Waals surface area contributed by atoms with Gasteiger partial charge in [-0.05, 0) is 24.6 Å². The lowest BCUT2D eigenvalue weighted by Crippen LogP contribution is -2.32. The van der Waals surface area contributed by atoms with Crippen LogP contribution in [-0.4, -0.2) is 39.0 Å². The fourth-order valence-electron chi connectivity index (χ4n) is 1.96. The molecular formula is C11H16BrClN2O3S. The van der Waals surface area contributed by atoms with Crippen LogP contribution in [0, 0.1) is 0 Å². The van der Waals surface area contributed by atoms with E-state index in [-0.39, 0.29) is 23.3 Å². The van der Waals surface area contributed by atoms with Gasteiger partial charge in [0, 0.05) is 23.6 Å². The number of hydrogen-bond donors (Lipinski definition) is 1. The molecule has 0 bridgehead atoms. The Balaban J connectivity index is 0.00000180. The number of benzene rings is 1. The van der Waals surface area contributed by atoms with Gasteiger partial charge in [0.25, 0.3) is 0 Å². The van der Waals surface area contributed by atoms with Gasteiger partial charge in [-0.1, -0.05) is 15.9 Å². The van der Waals surface area contributed by atoms with Crippen LogP contribution < -0.4 is 10.5 Å². The van der Waals surface area contributed by atoms with E-state index in [9.17, 15) is 8.42 Å². The van der Waals surface area contributed by atoms with Gasteiger partial charge in [-0.2, -0.15) is 4.31 Å². The van der Waals surface area contributed by atoms with Gasteiger partial charge in [0.1, 0.15) is 10.6 Å². The van der Waals surface area contributed by atoms with Crippen molar-refractivity contribution in [2.75, 3.05) is 20.2 Å². The molecule has 5 nitrogen and oxygen atoms in total. The van der Waals surface area contributed by atoms with Crippen LogP contribution in [0.25, 0.3) is 0 Å². The molecule has 0 saturated carbocycles. The predicted molar refractivity (Wildman–Crippen MR) is 79.3 cm³/mol. The first kappa shape index (κ1) is 16.7. The van der Waals surface area contributed by atoms with Gasteiger partial charge >= 0.3 is 0 Å². The number of halogens is 2. The zero-order valence-corrected chi connectivity index (χ0v) is 13.6. The standard InChI is InChI=1S/C11H15BrN2O3S.ClH/c1-17-10-3-2-8(12)6-11(10)18(15,16)14-5-4-9(13)7-14;/h2-3,6,9H,4-5,7,13H2,1H3;1H/t9-;/m0./s1. The summed E-state index contributed by atoms with van der Waals surface area (Å²) >= 11 is 3.28. The number of nitrogens with zero attached hydrogens (tertiary/aromatic N) is 1. The molecule has 1 saturated heterocycles. The lowest BCUT2D eigenvalue weighted by Gasteiger charge is -2.18. The Hall–Kier alpha value is -0.340. The van der Waals surface area contributed by atoms with Crippen molar-refractivity contribution < 1.29 is 13.2 Å². The third-order valence-electron chi connectivity index (χ3n) is 2.93. The molecule has 0 spiro atoms. The number of methoxy groups -OCH3 is 1. The summed E-state index contributed by atoms with van der Waals surface area (Å²) in [7, 11) is -2.08. The van der Waals surface area contributed by atoms with Crippen molar-refractivity contribution in [3.8, 4) is 5.75 Å². The second-order valence-corrected chi connectivity index (χ2v) is 7.03. The van der Waals surface area contributed by atoms with E-state index in [1.807, 2.05) is 0 Å². The fraction of sp³-hybridized carbons (Fsp3) is 0.455. The summed E-state index contributed by atoms with van der Waals surface area (Å²) in [5, 5.41) is 0. The third kappa shape index (κ3) is 3.41. The van der Waals surface area contributed by atoms with E-state index in [1.54, 1.807) is 18.2 Å². The van der Waals surface area contributed by atoms with E-state index in [0.29, 0.717) is 29.7 Å². The monoisotopic (exact) mass is 370 g/mol. The smallest absolute Gasteiger partial charge is 0.246 e. The molecule has 1 atom stereocenters. The van der Waals surface area contributed by atoms with E-state index in [4.69, 9.17) is 10.5 Å². The van der Waals surface area contributed by atoms with Crippen molar-refractivity contribution in [2.45, 2.75) is 17.4 Å². The third-order valence-corrected chi connectivity index (χ3v) is 5.31. The maximum Gasteiger partial charge on any atom is 0.246 e. The second-order valence-electron chi connectivity index (χ2n) is 4.21. The number of sulfonamides is 1. The van der Waals surface area contributed by atoms with Crippen LogP contribution in [0.15, 0.2) is 27.6 Å². The summed E-state index contributed by atoms with van der Waals surface area (Å²) in [6.07, 6.45) is 0.690. The van der Waals surface area contributed by atoms with E-state index in [0.717, 1.165) is 0 Å². The highest BCUT2D eigenvalue weighted by molar-refractivity contribution is 9.10. The molecule has 1 heterocycles. The van der Waals surface area contributed by atoms with Crippen molar-refractivity contribution in [2.24, 2.45) is 5.73 Å². The molecule has 2 rings (SSSR count). The molecule has 0 unspecified atom stereocenters. The van der Waals surface area contributed by atoms with E-state index < -0.39 is 10.0 Å². The Morgan fingerprint density at radius 2 is 2.16 bits per heavy atom. The first-order chi connectivity index (χ1) is 8.45. The van der Waals surface area contributed by atoms with Crippen molar-refractivity contribution in [3.05, 3.63) is 22.7 Å². The van der Waals surface area contributed by atoms with Crippen LogP contribution in [-0.2, 0) is 10.0 Å². The molecule has 0 radical (unpaired) electrons. The summed E-state index contributed by atoms with van der Waals surface area (Å²) in [5.41, 5.74) is 5.75. The summed E-state index contributed by atoms with van der Waals surface area (Å²) in [5.74, 6) is 0.346. The minimum absolute atomic E-state index is 0. The van der Waals surface area contributed by atoms with Gasteiger partial charge < -0.3 is 10.5 Å². The highest BCUT2D eigenvalue weighted by Gasteiger charge is 2.33. The SMILES string of the molecule is COc1ccc(Br)cc1S(=O)(=O)N1CC[C@H](N)C1.Cl. The zero-order chi connectivity index (χ0) is 13.3.